The first-order valence-corrected chi connectivity index (χ1v) is 6.53. The van der Waals surface area contributed by atoms with Gasteiger partial charge in [-0.05, 0) is 24.6 Å². The Morgan fingerprint density at radius 3 is 3.29 bits per heavy atom. The number of thioether (sulfide) groups is 1. The van der Waals surface area contributed by atoms with Crippen LogP contribution in [-0.4, -0.2) is 32.6 Å². The molecule has 17 heavy (non-hydrogen) atoms. The smallest absolute Gasteiger partial charge is 0.243 e. The lowest BCUT2D eigenvalue weighted by Crippen LogP contribution is -2.05. The van der Waals surface area contributed by atoms with Gasteiger partial charge < -0.3 is 5.32 Å². The van der Waals surface area contributed by atoms with Crippen molar-refractivity contribution in [2.24, 2.45) is 0 Å². The molecule has 0 aliphatic carbocycles. The van der Waals surface area contributed by atoms with Crippen molar-refractivity contribution in [1.82, 2.24) is 14.6 Å². The van der Waals surface area contributed by atoms with Crippen LogP contribution in [0, 0.1) is 19.3 Å². The number of nitrogens with zero attached hydrogens (tertiary/aromatic N) is 3. The van der Waals surface area contributed by atoms with Crippen molar-refractivity contribution in [3.05, 3.63) is 23.9 Å². The maximum absolute atomic E-state index is 5.17. The Bertz CT molecular complexity index is 541. The Morgan fingerprint density at radius 1 is 1.59 bits per heavy atom. The van der Waals surface area contributed by atoms with Crippen LogP contribution in [0.2, 0.25) is 0 Å². The Balaban J connectivity index is 1.93. The van der Waals surface area contributed by atoms with E-state index in [1.165, 1.54) is 5.56 Å². The predicted octanol–water partition coefficient (Wildman–Crippen LogP) is 1.82. The summed E-state index contributed by atoms with van der Waals surface area (Å²) in [7, 11) is 0. The molecule has 0 fully saturated rings. The number of nitrogens with one attached hydrogen (secondary N) is 1. The summed E-state index contributed by atoms with van der Waals surface area (Å²) in [6, 6.07) is 4.01. The van der Waals surface area contributed by atoms with Gasteiger partial charge in [-0.2, -0.15) is 4.98 Å². The fraction of sp³-hybridized carbons (Fsp3) is 0.333. The molecule has 88 valence electrons. The second-order valence-electron chi connectivity index (χ2n) is 3.63. The number of terminal acetylenes is 1. The van der Waals surface area contributed by atoms with Crippen molar-refractivity contribution in [1.29, 1.82) is 0 Å². The van der Waals surface area contributed by atoms with E-state index >= 15 is 0 Å². The summed E-state index contributed by atoms with van der Waals surface area (Å²) >= 11 is 1.72. The molecular formula is C12H14N4S. The SMILES string of the molecule is C#CCSCCNc1nc2cc(C)ccn2n1. The third-order valence-corrected chi connectivity index (χ3v) is 3.07. The third-order valence-electron chi connectivity index (χ3n) is 2.21. The molecule has 0 saturated heterocycles. The van der Waals surface area contributed by atoms with Gasteiger partial charge in [0.2, 0.25) is 5.95 Å². The molecule has 0 radical (unpaired) electrons. The second kappa shape index (κ2) is 5.60. The van der Waals surface area contributed by atoms with Crippen LogP contribution in [0.3, 0.4) is 0 Å². The highest BCUT2D eigenvalue weighted by atomic mass is 32.2. The molecule has 0 amide bonds. The lowest BCUT2D eigenvalue weighted by molar-refractivity contribution is 0.953. The van der Waals surface area contributed by atoms with E-state index < -0.39 is 0 Å². The van der Waals surface area contributed by atoms with Gasteiger partial charge in [-0.1, -0.05) is 5.92 Å². The average Bonchev–Trinajstić information content (AvgIpc) is 2.70. The standard InChI is InChI=1S/C12H14N4S/c1-3-7-17-8-5-13-12-14-11-9-10(2)4-6-16(11)15-12/h1,4,6,9H,5,7-8H2,2H3,(H,13,15). The molecule has 2 heterocycles. The third kappa shape index (κ3) is 3.14. The molecule has 2 rings (SSSR count). The minimum Gasteiger partial charge on any atom is -0.352 e. The van der Waals surface area contributed by atoms with Crippen molar-refractivity contribution in [2.75, 3.05) is 23.4 Å². The summed E-state index contributed by atoms with van der Waals surface area (Å²) in [5, 5.41) is 7.50. The van der Waals surface area contributed by atoms with Gasteiger partial charge in [-0.25, -0.2) is 4.52 Å². The zero-order valence-corrected chi connectivity index (χ0v) is 10.5. The van der Waals surface area contributed by atoms with E-state index in [9.17, 15) is 0 Å². The molecule has 5 heteroatoms. The summed E-state index contributed by atoms with van der Waals surface area (Å²) in [5.74, 6) is 4.96. The van der Waals surface area contributed by atoms with Crippen molar-refractivity contribution in [3.63, 3.8) is 0 Å². The number of hydrogen-bond donors (Lipinski definition) is 1. The Labute approximate surface area is 105 Å². The summed E-state index contributed by atoms with van der Waals surface area (Å²) < 4.78 is 1.77. The summed E-state index contributed by atoms with van der Waals surface area (Å²) in [6.45, 7) is 2.86. The van der Waals surface area contributed by atoms with Gasteiger partial charge in [0, 0.05) is 18.5 Å². The number of aryl methyl sites for hydroxylation is 1. The quantitative estimate of drug-likeness (QED) is 0.645. The van der Waals surface area contributed by atoms with Crippen LogP contribution in [0.15, 0.2) is 18.3 Å². The van der Waals surface area contributed by atoms with Gasteiger partial charge in [0.25, 0.3) is 0 Å². The molecule has 1 N–H and O–H groups in total. The molecule has 0 bridgehead atoms. The zero-order chi connectivity index (χ0) is 12.1. The van der Waals surface area contributed by atoms with E-state index in [-0.39, 0.29) is 0 Å². The van der Waals surface area contributed by atoms with Gasteiger partial charge in [0.05, 0.1) is 5.75 Å². The predicted molar refractivity (Wildman–Crippen MR) is 72.4 cm³/mol. The summed E-state index contributed by atoms with van der Waals surface area (Å²) in [5.41, 5.74) is 2.05. The molecule has 0 aliphatic rings. The molecule has 0 aliphatic heterocycles. The monoisotopic (exact) mass is 246 g/mol. The van der Waals surface area contributed by atoms with E-state index in [4.69, 9.17) is 6.42 Å². The number of fused-ring (bicyclic) bond motifs is 1. The topological polar surface area (TPSA) is 42.2 Å². The molecule has 2 aromatic rings. The van der Waals surface area contributed by atoms with E-state index in [0.29, 0.717) is 5.95 Å². The normalized spacial score (nSPS) is 10.4. The largest absolute Gasteiger partial charge is 0.352 e. The first-order chi connectivity index (χ1) is 8.29. The molecule has 2 aromatic heterocycles. The van der Waals surface area contributed by atoms with E-state index in [2.05, 4.69) is 21.3 Å². The van der Waals surface area contributed by atoms with Crippen molar-refractivity contribution in [3.8, 4) is 12.3 Å². The Morgan fingerprint density at radius 2 is 2.47 bits per heavy atom. The van der Waals surface area contributed by atoms with Crippen LogP contribution in [-0.2, 0) is 0 Å². The molecule has 0 spiro atoms. The Kier molecular flexibility index (Phi) is 3.89. The summed E-state index contributed by atoms with van der Waals surface area (Å²) in [6.07, 6.45) is 7.08. The van der Waals surface area contributed by atoms with Crippen LogP contribution in [0.25, 0.3) is 5.65 Å². The van der Waals surface area contributed by atoms with E-state index in [1.807, 2.05) is 25.3 Å². The molecule has 0 atom stereocenters. The van der Waals surface area contributed by atoms with Gasteiger partial charge in [-0.15, -0.1) is 23.3 Å². The van der Waals surface area contributed by atoms with Crippen LogP contribution >= 0.6 is 11.8 Å². The first kappa shape index (κ1) is 11.8. The van der Waals surface area contributed by atoms with Crippen LogP contribution in [0.5, 0.6) is 0 Å². The van der Waals surface area contributed by atoms with Crippen LogP contribution in [0.1, 0.15) is 5.56 Å². The second-order valence-corrected chi connectivity index (χ2v) is 4.73. The number of aromatic nitrogens is 3. The Hall–Kier alpha value is -1.67. The number of hydrogen-bond acceptors (Lipinski definition) is 4. The number of anilines is 1. The molecule has 4 nitrogen and oxygen atoms in total. The molecule has 0 aromatic carbocycles. The van der Waals surface area contributed by atoms with Gasteiger partial charge in [0.15, 0.2) is 5.65 Å². The summed E-state index contributed by atoms with van der Waals surface area (Å²) in [4.78, 5) is 4.38. The van der Waals surface area contributed by atoms with Gasteiger partial charge in [-0.3, -0.25) is 0 Å². The maximum atomic E-state index is 5.17. The molecule has 0 unspecified atom stereocenters. The lowest BCUT2D eigenvalue weighted by atomic mass is 10.3. The maximum Gasteiger partial charge on any atom is 0.243 e. The van der Waals surface area contributed by atoms with Crippen LogP contribution < -0.4 is 5.32 Å². The highest BCUT2D eigenvalue weighted by Crippen LogP contribution is 2.07. The van der Waals surface area contributed by atoms with Crippen molar-refractivity contribution >= 4 is 23.4 Å². The van der Waals surface area contributed by atoms with Gasteiger partial charge in [0.1, 0.15) is 0 Å². The van der Waals surface area contributed by atoms with E-state index in [1.54, 1.807) is 16.3 Å². The molecule has 0 saturated carbocycles. The number of rotatable bonds is 5. The fourth-order valence-corrected chi connectivity index (χ4v) is 1.93. The van der Waals surface area contributed by atoms with Gasteiger partial charge >= 0.3 is 0 Å². The zero-order valence-electron chi connectivity index (χ0n) is 9.68. The first-order valence-electron chi connectivity index (χ1n) is 5.38. The lowest BCUT2D eigenvalue weighted by Gasteiger charge is -1.98. The molecular weight excluding hydrogens is 232 g/mol. The average molecular weight is 246 g/mol. The fourth-order valence-electron chi connectivity index (χ4n) is 1.42. The number of pyridine rings is 1. The minimum absolute atomic E-state index is 0.664. The minimum atomic E-state index is 0.664. The highest BCUT2D eigenvalue weighted by Gasteiger charge is 2.02. The van der Waals surface area contributed by atoms with E-state index in [0.717, 1.165) is 23.7 Å². The van der Waals surface area contributed by atoms with Crippen molar-refractivity contribution in [2.45, 2.75) is 6.92 Å². The van der Waals surface area contributed by atoms with Crippen LogP contribution in [0.4, 0.5) is 5.95 Å². The van der Waals surface area contributed by atoms with Crippen molar-refractivity contribution < 1.29 is 0 Å². The highest BCUT2D eigenvalue weighted by molar-refractivity contribution is 7.99.